The minimum atomic E-state index is 0. The van der Waals surface area contributed by atoms with Gasteiger partial charge in [0.15, 0.2) is 0 Å². The number of unbranched alkanes of at least 4 members (excludes halogenated alkanes) is 4. The van der Waals surface area contributed by atoms with E-state index in [-0.39, 0.29) is 54.0 Å². The molecule has 0 aliphatic heterocycles. The molecule has 0 amide bonds. The topological polar surface area (TPSA) is 37.6 Å². The summed E-state index contributed by atoms with van der Waals surface area (Å²) in [6.07, 6.45) is 17.7. The van der Waals surface area contributed by atoms with Crippen molar-refractivity contribution in [1.29, 1.82) is 0 Å². The number of aromatic nitrogens is 1. The van der Waals surface area contributed by atoms with Crippen LogP contribution in [0.5, 0.6) is 0 Å². The number of hydrogen-bond acceptors (Lipinski definition) is 3. The van der Waals surface area contributed by atoms with Crippen LogP contribution in [0.1, 0.15) is 129 Å². The second-order valence-electron chi connectivity index (χ2n) is 11.8. The van der Waals surface area contributed by atoms with Crippen LogP contribution in [-0.2, 0) is 42.5 Å². The van der Waals surface area contributed by atoms with Crippen LogP contribution in [0.3, 0.4) is 0 Å². The molecule has 1 aromatic heterocycles. The number of rotatable bonds is 16. The third-order valence-electron chi connectivity index (χ3n) is 7.68. The molecule has 1 heterocycles. The molecule has 2 aromatic carbocycles. The van der Waals surface area contributed by atoms with E-state index >= 15 is 0 Å². The quantitative estimate of drug-likeness (QED) is 0.209. The molecule has 3 rings (SSSR count). The molecule has 250 valence electrons. The van der Waals surface area contributed by atoms with Gasteiger partial charge in [-0.05, 0) is 112 Å². The van der Waals surface area contributed by atoms with Gasteiger partial charge in [-0.1, -0.05) is 88.8 Å². The van der Waals surface area contributed by atoms with Crippen molar-refractivity contribution >= 4 is 23.8 Å². The van der Waals surface area contributed by atoms with Crippen LogP contribution in [0.4, 0.5) is 11.4 Å². The third kappa shape index (κ3) is 14.7. The molecule has 3 nitrogen and oxygen atoms in total. The molecule has 45 heavy (non-hydrogen) atoms. The van der Waals surface area contributed by atoms with E-state index in [0.717, 1.165) is 48.4 Å². The molecule has 3 aromatic rings. The van der Waals surface area contributed by atoms with Crippen LogP contribution >= 0.6 is 0 Å². The Hall–Kier alpha value is -1.69. The summed E-state index contributed by atoms with van der Waals surface area (Å²) in [5.41, 5.74) is 13.4. The van der Waals surface area contributed by atoms with Gasteiger partial charge in [-0.2, -0.15) is 0 Å². The summed E-state index contributed by atoms with van der Waals surface area (Å²) in [4.78, 5) is 15.2. The van der Waals surface area contributed by atoms with Gasteiger partial charge >= 0.3 is 16.8 Å². The predicted octanol–water partition coefficient (Wildman–Crippen LogP) is 1.89. The van der Waals surface area contributed by atoms with Gasteiger partial charge in [0, 0.05) is 0 Å². The largest absolute Gasteiger partial charge is 3.00 e. The van der Waals surface area contributed by atoms with E-state index in [1.165, 1.54) is 90.3 Å². The number of halogens is 3. The van der Waals surface area contributed by atoms with Crippen molar-refractivity contribution in [3.63, 3.8) is 0 Å². The Labute approximate surface area is 303 Å². The van der Waals surface area contributed by atoms with E-state index < -0.39 is 0 Å². The van der Waals surface area contributed by atoms with Crippen LogP contribution in [0.15, 0.2) is 46.4 Å². The van der Waals surface area contributed by atoms with Crippen molar-refractivity contribution in [1.82, 2.24) is 4.98 Å². The zero-order valence-corrected chi connectivity index (χ0v) is 31.7. The van der Waals surface area contributed by atoms with E-state index in [2.05, 4.69) is 84.9 Å². The second kappa shape index (κ2) is 24.5. The summed E-state index contributed by atoms with van der Waals surface area (Å²) in [6, 6.07) is 13.6. The van der Waals surface area contributed by atoms with Crippen LogP contribution < -0.4 is 37.2 Å². The van der Waals surface area contributed by atoms with Gasteiger partial charge in [-0.15, -0.1) is 0 Å². The molecule has 0 bridgehead atoms. The number of aliphatic imine (C=N–C) groups is 2. The molecule has 0 aliphatic rings. The van der Waals surface area contributed by atoms with Gasteiger partial charge in [0.05, 0.1) is 35.2 Å². The molecule has 0 N–H and O–H groups in total. The van der Waals surface area contributed by atoms with Crippen LogP contribution in [0.2, 0.25) is 0 Å². The number of pyridine rings is 1. The number of benzene rings is 2. The van der Waals surface area contributed by atoms with Crippen molar-refractivity contribution in [2.45, 2.75) is 126 Å². The average Bonchev–Trinajstić information content (AvgIpc) is 2.95. The van der Waals surface area contributed by atoms with E-state index in [9.17, 15) is 0 Å². The first kappa shape index (κ1) is 45.4. The molecule has 0 fully saturated rings. The molecule has 0 unspecified atom stereocenters. The molecule has 0 spiro atoms. The zero-order chi connectivity index (χ0) is 29.6. The van der Waals surface area contributed by atoms with Gasteiger partial charge in [-0.3, -0.25) is 9.98 Å². The minimum Gasteiger partial charge on any atom is -1.00 e. The molecular weight excluding hydrogens is 664 g/mol. The maximum Gasteiger partial charge on any atom is 3.00 e. The van der Waals surface area contributed by atoms with E-state index in [0.29, 0.717) is 0 Å². The standard InChI is InChI=1S/C38H53N3.3ClH.Co/c1-8-12-16-31-20-28(5)21-32(17-13-9-2)37(31)39-26-35-24-30(7)25-36(41-35)27-40-38-33(18-14-10-3)22-29(6)23-34(38)19-15-11-4;;;;/h20-27H,8-19H2,1-7H3;3*1H;/q;;;;+3/p-3. The maximum atomic E-state index is 5.10. The van der Waals surface area contributed by atoms with E-state index in [1.54, 1.807) is 0 Å². The Morgan fingerprint density at radius 2 is 0.756 bits per heavy atom. The summed E-state index contributed by atoms with van der Waals surface area (Å²) in [6.45, 7) is 15.6. The van der Waals surface area contributed by atoms with Gasteiger partial charge in [0.2, 0.25) is 0 Å². The molecule has 0 saturated heterocycles. The Morgan fingerprint density at radius 1 is 0.489 bits per heavy atom. The van der Waals surface area contributed by atoms with Crippen molar-refractivity contribution in [2.75, 3.05) is 0 Å². The second-order valence-corrected chi connectivity index (χ2v) is 11.8. The molecule has 0 atom stereocenters. The van der Waals surface area contributed by atoms with Crippen molar-refractivity contribution < 1.29 is 54.0 Å². The number of nitrogens with zero attached hydrogens (tertiary/aromatic N) is 3. The Bertz CT molecular complexity index is 1180. The fraction of sp³-hybridized carbons (Fsp3) is 0.500. The molecule has 0 saturated carbocycles. The van der Waals surface area contributed by atoms with Crippen LogP contribution in [0, 0.1) is 20.8 Å². The smallest absolute Gasteiger partial charge is 1.00 e. The minimum absolute atomic E-state index is 0. The van der Waals surface area contributed by atoms with Crippen molar-refractivity contribution in [2.24, 2.45) is 9.98 Å². The average molecular weight is 717 g/mol. The van der Waals surface area contributed by atoms with Gasteiger partial charge in [0.1, 0.15) is 0 Å². The van der Waals surface area contributed by atoms with Crippen molar-refractivity contribution in [3.8, 4) is 0 Å². The fourth-order valence-corrected chi connectivity index (χ4v) is 5.55. The maximum absolute atomic E-state index is 5.10. The van der Waals surface area contributed by atoms with Gasteiger partial charge < -0.3 is 37.2 Å². The summed E-state index contributed by atoms with van der Waals surface area (Å²) in [5.74, 6) is 0. The number of aryl methyl sites for hydroxylation is 7. The Kier molecular flexibility index (Phi) is 24.7. The third-order valence-corrected chi connectivity index (χ3v) is 7.68. The fourth-order valence-electron chi connectivity index (χ4n) is 5.55. The Morgan fingerprint density at radius 3 is 1.02 bits per heavy atom. The summed E-state index contributed by atoms with van der Waals surface area (Å²) in [7, 11) is 0. The van der Waals surface area contributed by atoms with Crippen LogP contribution in [-0.4, -0.2) is 17.4 Å². The first-order valence-electron chi connectivity index (χ1n) is 16.2. The van der Waals surface area contributed by atoms with Crippen LogP contribution in [0.25, 0.3) is 0 Å². The predicted molar refractivity (Wildman–Crippen MR) is 180 cm³/mol. The number of hydrogen-bond donors (Lipinski definition) is 0. The molecule has 0 aliphatic carbocycles. The first-order chi connectivity index (χ1) is 19.9. The zero-order valence-electron chi connectivity index (χ0n) is 28.4. The monoisotopic (exact) mass is 715 g/mol. The Balaban J connectivity index is 0. The van der Waals surface area contributed by atoms with Gasteiger partial charge in [-0.25, -0.2) is 4.98 Å². The SMILES string of the molecule is CCCCc1cc(C)cc(CCCC)c1N=Cc1cc(C)cc(C=Nc2c(CCCC)cc(C)cc2CCCC)n1.[Cl-].[Cl-].[Cl-].[Co+3]. The van der Waals surface area contributed by atoms with E-state index in [4.69, 9.17) is 15.0 Å². The molecular formula is C38H53Cl3CoN3. The summed E-state index contributed by atoms with van der Waals surface area (Å²) in [5, 5.41) is 0. The molecule has 0 radical (unpaired) electrons. The van der Waals surface area contributed by atoms with Gasteiger partial charge in [0.25, 0.3) is 0 Å². The summed E-state index contributed by atoms with van der Waals surface area (Å²) >= 11 is 0. The first-order valence-corrected chi connectivity index (χ1v) is 16.2. The normalized spacial score (nSPS) is 10.7. The molecule has 7 heteroatoms. The van der Waals surface area contributed by atoms with E-state index in [1.807, 2.05) is 12.4 Å². The summed E-state index contributed by atoms with van der Waals surface area (Å²) < 4.78 is 0. The van der Waals surface area contributed by atoms with Crippen molar-refractivity contribution in [3.05, 3.63) is 86.7 Å².